The third kappa shape index (κ3) is 6.97. The predicted octanol–water partition coefficient (Wildman–Crippen LogP) is 4.70. The lowest BCUT2D eigenvalue weighted by Gasteiger charge is -2.31. The van der Waals surface area contributed by atoms with Crippen LogP contribution in [0.4, 0.5) is 18.9 Å². The first-order valence-corrected chi connectivity index (χ1v) is 15.1. The molecule has 0 aliphatic carbocycles. The number of rotatable bonds is 7. The van der Waals surface area contributed by atoms with Gasteiger partial charge in [0, 0.05) is 30.6 Å². The molecule has 8 nitrogen and oxygen atoms in total. The van der Waals surface area contributed by atoms with E-state index in [1.54, 1.807) is 30.3 Å². The number of benzene rings is 3. The molecule has 0 bridgehead atoms. The van der Waals surface area contributed by atoms with Crippen LogP contribution in [0.5, 0.6) is 5.75 Å². The van der Waals surface area contributed by atoms with Crippen LogP contribution in [0.3, 0.4) is 0 Å². The fourth-order valence-electron chi connectivity index (χ4n) is 4.33. The zero-order valence-corrected chi connectivity index (χ0v) is 22.3. The second-order valence-corrected chi connectivity index (χ2v) is 13.0. The average molecular weight is 583 g/mol. The Morgan fingerprint density at radius 1 is 0.974 bits per heavy atom. The summed E-state index contributed by atoms with van der Waals surface area (Å²) in [6.45, 7) is 0.00230. The van der Waals surface area contributed by atoms with Crippen LogP contribution in [0.15, 0.2) is 82.6 Å². The second kappa shape index (κ2) is 11.0. The molecule has 208 valence electrons. The van der Waals surface area contributed by atoms with Crippen LogP contribution in [0.25, 0.3) is 11.1 Å². The van der Waals surface area contributed by atoms with E-state index in [2.05, 4.69) is 10.1 Å². The zero-order valence-electron chi connectivity index (χ0n) is 20.7. The number of carbonyl (C=O) groups is 1. The molecule has 1 N–H and O–H groups in total. The summed E-state index contributed by atoms with van der Waals surface area (Å²) >= 11 is 0. The van der Waals surface area contributed by atoms with E-state index in [0.29, 0.717) is 24.0 Å². The lowest BCUT2D eigenvalue weighted by atomic mass is 9.99. The molecule has 1 aliphatic rings. The van der Waals surface area contributed by atoms with Gasteiger partial charge in [-0.3, -0.25) is 4.79 Å². The molecular formula is C26H25F3N2O6S2. The smallest absolute Gasteiger partial charge is 0.406 e. The van der Waals surface area contributed by atoms with Gasteiger partial charge in [0.1, 0.15) is 5.75 Å². The monoisotopic (exact) mass is 582 g/mol. The molecule has 1 unspecified atom stereocenters. The molecule has 3 aromatic carbocycles. The molecule has 0 aromatic heterocycles. The van der Waals surface area contributed by atoms with Gasteiger partial charge < -0.3 is 10.1 Å². The van der Waals surface area contributed by atoms with Crippen LogP contribution in [-0.2, 0) is 24.7 Å². The number of anilines is 1. The summed E-state index contributed by atoms with van der Waals surface area (Å²) in [6, 6.07) is 17.3. The summed E-state index contributed by atoms with van der Waals surface area (Å²) in [5.74, 6) is -1.66. The van der Waals surface area contributed by atoms with E-state index in [0.717, 1.165) is 28.8 Å². The van der Waals surface area contributed by atoms with Crippen molar-refractivity contribution in [1.82, 2.24) is 4.31 Å². The average Bonchev–Trinajstić information content (AvgIpc) is 2.88. The van der Waals surface area contributed by atoms with Gasteiger partial charge in [-0.15, -0.1) is 13.2 Å². The molecule has 1 amide bonds. The van der Waals surface area contributed by atoms with Gasteiger partial charge in [-0.2, -0.15) is 4.31 Å². The zero-order chi connectivity index (χ0) is 28.4. The lowest BCUT2D eigenvalue weighted by molar-refractivity contribution is -0.274. The van der Waals surface area contributed by atoms with Gasteiger partial charge in [0.2, 0.25) is 15.9 Å². The molecule has 1 aliphatic heterocycles. The quantitative estimate of drug-likeness (QED) is 0.433. The molecule has 1 atom stereocenters. The summed E-state index contributed by atoms with van der Waals surface area (Å²) in [5.41, 5.74) is 1.22. The van der Waals surface area contributed by atoms with Gasteiger partial charge in [0.05, 0.1) is 15.7 Å². The number of sulfone groups is 1. The maximum absolute atomic E-state index is 13.5. The van der Waals surface area contributed by atoms with E-state index in [4.69, 9.17) is 0 Å². The number of sulfonamides is 1. The third-order valence-corrected chi connectivity index (χ3v) is 9.18. The highest BCUT2D eigenvalue weighted by Crippen LogP contribution is 2.32. The maximum atomic E-state index is 13.5. The van der Waals surface area contributed by atoms with Crippen LogP contribution in [0.2, 0.25) is 0 Å². The van der Waals surface area contributed by atoms with E-state index in [1.807, 2.05) is 0 Å². The Morgan fingerprint density at radius 3 is 2.26 bits per heavy atom. The summed E-state index contributed by atoms with van der Waals surface area (Å²) in [4.78, 5) is 12.5. The van der Waals surface area contributed by atoms with Crippen molar-refractivity contribution in [3.63, 3.8) is 0 Å². The molecule has 3 aromatic rings. The Hall–Kier alpha value is -3.42. The number of halogens is 3. The lowest BCUT2D eigenvalue weighted by Crippen LogP contribution is -2.43. The van der Waals surface area contributed by atoms with Gasteiger partial charge >= 0.3 is 6.36 Å². The number of alkyl halides is 3. The number of carbonyl (C=O) groups excluding carboxylic acids is 1. The number of amides is 1. The van der Waals surface area contributed by atoms with Crippen LogP contribution >= 0.6 is 0 Å². The van der Waals surface area contributed by atoms with Crippen molar-refractivity contribution in [2.75, 3.05) is 24.7 Å². The van der Waals surface area contributed by atoms with E-state index in [-0.39, 0.29) is 28.6 Å². The Kier molecular flexibility index (Phi) is 8.05. The van der Waals surface area contributed by atoms with E-state index in [9.17, 15) is 34.8 Å². The van der Waals surface area contributed by atoms with Crippen molar-refractivity contribution < 1.29 is 39.5 Å². The van der Waals surface area contributed by atoms with Crippen molar-refractivity contribution >= 4 is 31.5 Å². The SMILES string of the molecule is CS(=O)(=O)c1cc(S(=O)(=O)N2CCCC(C(=O)Nc3ccc(OC(F)(F)F)cc3)C2)ccc1-c1ccccc1. The van der Waals surface area contributed by atoms with Gasteiger partial charge in [-0.25, -0.2) is 16.8 Å². The Balaban J connectivity index is 1.52. The summed E-state index contributed by atoms with van der Waals surface area (Å²) < 4.78 is 94.1. The Bertz CT molecular complexity index is 1560. The number of hydrogen-bond acceptors (Lipinski definition) is 6. The third-order valence-electron chi connectivity index (χ3n) is 6.19. The largest absolute Gasteiger partial charge is 0.573 e. The standard InChI is InChI=1S/C26H25F3N2O6S2/c1-38(33,34)24-16-22(13-14-23(24)18-6-3-2-4-7-18)39(35,36)31-15-5-8-19(17-31)25(32)30-20-9-11-21(12-10-20)37-26(27,28)29/h2-4,6-7,9-14,16,19H,5,8,15,17H2,1H3,(H,30,32). The van der Waals surface area contributed by atoms with Crippen molar-refractivity contribution in [2.45, 2.75) is 29.0 Å². The molecule has 39 heavy (non-hydrogen) atoms. The molecular weight excluding hydrogens is 557 g/mol. The van der Waals surface area contributed by atoms with Gasteiger partial charge in [-0.05, 0) is 54.8 Å². The van der Waals surface area contributed by atoms with Crippen LogP contribution in [0.1, 0.15) is 12.8 Å². The molecule has 0 spiro atoms. The van der Waals surface area contributed by atoms with Gasteiger partial charge in [0.15, 0.2) is 9.84 Å². The normalized spacial score (nSPS) is 17.0. The van der Waals surface area contributed by atoms with E-state index < -0.39 is 43.8 Å². The minimum absolute atomic E-state index is 0.126. The number of nitrogens with one attached hydrogen (secondary N) is 1. The van der Waals surface area contributed by atoms with Crippen LogP contribution in [0, 0.1) is 5.92 Å². The highest BCUT2D eigenvalue weighted by Gasteiger charge is 2.34. The van der Waals surface area contributed by atoms with E-state index >= 15 is 0 Å². The van der Waals surface area contributed by atoms with Gasteiger partial charge in [0.25, 0.3) is 0 Å². The fourth-order valence-corrected chi connectivity index (χ4v) is 6.89. The first-order chi connectivity index (χ1) is 18.2. The summed E-state index contributed by atoms with van der Waals surface area (Å²) in [6.07, 6.45) is -3.05. The van der Waals surface area contributed by atoms with Crippen molar-refractivity contribution in [3.05, 3.63) is 72.8 Å². The molecule has 0 saturated carbocycles. The Morgan fingerprint density at radius 2 is 1.64 bits per heavy atom. The number of ether oxygens (including phenoxy) is 1. The number of hydrogen-bond donors (Lipinski definition) is 1. The van der Waals surface area contributed by atoms with E-state index in [1.165, 1.54) is 24.3 Å². The molecule has 13 heteroatoms. The fraction of sp³-hybridized carbons (Fsp3) is 0.269. The molecule has 0 radical (unpaired) electrons. The topological polar surface area (TPSA) is 110 Å². The Labute approximate surface area is 224 Å². The molecule has 4 rings (SSSR count). The highest BCUT2D eigenvalue weighted by molar-refractivity contribution is 7.91. The molecule has 1 saturated heterocycles. The first kappa shape index (κ1) is 28.6. The molecule has 1 fully saturated rings. The van der Waals surface area contributed by atoms with Gasteiger partial charge in [-0.1, -0.05) is 36.4 Å². The predicted molar refractivity (Wildman–Crippen MR) is 138 cm³/mol. The van der Waals surface area contributed by atoms with Crippen LogP contribution in [-0.4, -0.2) is 52.8 Å². The second-order valence-electron chi connectivity index (χ2n) is 9.06. The highest BCUT2D eigenvalue weighted by atomic mass is 32.2. The van der Waals surface area contributed by atoms with Crippen molar-refractivity contribution in [3.8, 4) is 16.9 Å². The minimum Gasteiger partial charge on any atom is -0.406 e. The first-order valence-electron chi connectivity index (χ1n) is 11.8. The summed E-state index contributed by atoms with van der Waals surface area (Å²) in [5, 5.41) is 2.59. The minimum atomic E-state index is -4.84. The maximum Gasteiger partial charge on any atom is 0.573 e. The van der Waals surface area contributed by atoms with Crippen LogP contribution < -0.4 is 10.1 Å². The van der Waals surface area contributed by atoms with Crippen molar-refractivity contribution in [1.29, 1.82) is 0 Å². The number of nitrogens with zero attached hydrogens (tertiary/aromatic N) is 1. The summed E-state index contributed by atoms with van der Waals surface area (Å²) in [7, 11) is -7.93. The van der Waals surface area contributed by atoms with Crippen molar-refractivity contribution in [2.24, 2.45) is 5.92 Å². The molecule has 1 heterocycles. The number of piperidine rings is 1.